The van der Waals surface area contributed by atoms with Crippen molar-refractivity contribution in [1.82, 2.24) is 9.55 Å². The highest BCUT2D eigenvalue weighted by molar-refractivity contribution is 6.07. The highest BCUT2D eigenvalue weighted by Crippen LogP contribution is 2.28. The Balaban J connectivity index is 2.06. The molecule has 0 fully saturated rings. The van der Waals surface area contributed by atoms with E-state index in [2.05, 4.69) is 29.2 Å². The molecule has 0 amide bonds. The van der Waals surface area contributed by atoms with Crippen LogP contribution < -0.4 is 5.56 Å². The molecule has 0 spiro atoms. The lowest BCUT2D eigenvalue weighted by atomic mass is 10.0. The molecule has 2 aromatic heterocycles. The zero-order valence-corrected chi connectivity index (χ0v) is 13.9. The molecule has 0 bridgehead atoms. The number of aryl methyl sites for hydroxylation is 2. The number of H-pyrrole nitrogens is 1. The van der Waals surface area contributed by atoms with Crippen molar-refractivity contribution in [3.05, 3.63) is 70.0 Å². The third-order valence-corrected chi connectivity index (χ3v) is 4.54. The zero-order valence-electron chi connectivity index (χ0n) is 13.9. The molecule has 0 aliphatic heterocycles. The van der Waals surface area contributed by atoms with E-state index in [1.54, 1.807) is 11.6 Å². The Hall–Kier alpha value is -3.34. The minimum atomic E-state index is -0.0751. The van der Waals surface area contributed by atoms with Gasteiger partial charge in [-0.1, -0.05) is 35.0 Å². The van der Waals surface area contributed by atoms with Crippen LogP contribution >= 0.6 is 0 Å². The van der Waals surface area contributed by atoms with E-state index in [0.717, 1.165) is 33.1 Å². The number of benzene rings is 2. The summed E-state index contributed by atoms with van der Waals surface area (Å²) in [6.45, 7) is 2.05. The summed E-state index contributed by atoms with van der Waals surface area (Å²) in [5.74, 6) is 0. The van der Waals surface area contributed by atoms with Gasteiger partial charge in [0.1, 0.15) is 5.65 Å². The third-order valence-electron chi connectivity index (χ3n) is 4.54. The second-order valence-electron chi connectivity index (χ2n) is 6.23. The van der Waals surface area contributed by atoms with Gasteiger partial charge in [-0.05, 0) is 42.3 Å². The second kappa shape index (κ2) is 5.63. The Morgan fingerprint density at radius 1 is 1.12 bits per heavy atom. The standard InChI is InChI=1S/C20H17N3O2/c1-12-6-7-18-16(8-12)17-10-15(20(24)23(2)19(17)22-18)14-5-3-4-13(9-14)11-21-25/h3-11,22,25H,1-2H3/b21-11+. The van der Waals surface area contributed by atoms with E-state index in [1.165, 1.54) is 11.8 Å². The molecule has 124 valence electrons. The highest BCUT2D eigenvalue weighted by Gasteiger charge is 2.13. The minimum Gasteiger partial charge on any atom is -0.411 e. The van der Waals surface area contributed by atoms with Crippen LogP contribution in [-0.2, 0) is 7.05 Å². The van der Waals surface area contributed by atoms with E-state index in [4.69, 9.17) is 5.21 Å². The van der Waals surface area contributed by atoms with Gasteiger partial charge in [0.25, 0.3) is 5.56 Å². The Morgan fingerprint density at radius 3 is 2.76 bits per heavy atom. The maximum Gasteiger partial charge on any atom is 0.259 e. The maximum atomic E-state index is 12.9. The van der Waals surface area contributed by atoms with Crippen molar-refractivity contribution < 1.29 is 5.21 Å². The van der Waals surface area contributed by atoms with Gasteiger partial charge in [-0.25, -0.2) is 0 Å². The van der Waals surface area contributed by atoms with Gasteiger partial charge in [0.05, 0.1) is 6.21 Å². The number of aromatic amines is 1. The molecule has 2 aromatic carbocycles. The largest absolute Gasteiger partial charge is 0.411 e. The second-order valence-corrected chi connectivity index (χ2v) is 6.23. The molecule has 5 heteroatoms. The summed E-state index contributed by atoms with van der Waals surface area (Å²) in [5, 5.41) is 13.9. The van der Waals surface area contributed by atoms with Crippen LogP contribution in [0.4, 0.5) is 0 Å². The average Bonchev–Trinajstić information content (AvgIpc) is 2.96. The zero-order chi connectivity index (χ0) is 17.6. The molecular weight excluding hydrogens is 314 g/mol. The summed E-state index contributed by atoms with van der Waals surface area (Å²) in [5.41, 5.74) is 5.06. The van der Waals surface area contributed by atoms with Crippen LogP contribution in [-0.4, -0.2) is 21.0 Å². The van der Waals surface area contributed by atoms with Crippen LogP contribution in [0.15, 0.2) is 58.5 Å². The molecule has 5 nitrogen and oxygen atoms in total. The average molecular weight is 331 g/mol. The number of rotatable bonds is 2. The van der Waals surface area contributed by atoms with Gasteiger partial charge in [-0.15, -0.1) is 0 Å². The Morgan fingerprint density at radius 2 is 1.96 bits per heavy atom. The normalized spacial score (nSPS) is 11.8. The van der Waals surface area contributed by atoms with E-state index in [1.807, 2.05) is 36.4 Å². The SMILES string of the molecule is Cc1ccc2[nH]c3c(cc(-c4cccc(/C=N/O)c4)c(=O)n3C)c2c1. The van der Waals surface area contributed by atoms with Gasteiger partial charge in [0, 0.05) is 28.9 Å². The molecular formula is C20H17N3O2. The summed E-state index contributed by atoms with van der Waals surface area (Å²) in [4.78, 5) is 16.2. The summed E-state index contributed by atoms with van der Waals surface area (Å²) in [6, 6.07) is 15.5. The number of pyridine rings is 1. The molecule has 0 aliphatic carbocycles. The molecule has 0 atom stereocenters. The molecule has 0 radical (unpaired) electrons. The number of oxime groups is 1. The first kappa shape index (κ1) is 15.2. The molecule has 2 N–H and O–H groups in total. The number of hydrogen-bond acceptors (Lipinski definition) is 3. The molecule has 4 aromatic rings. The lowest BCUT2D eigenvalue weighted by Crippen LogP contribution is -2.18. The summed E-state index contributed by atoms with van der Waals surface area (Å²) in [6.07, 6.45) is 1.35. The fourth-order valence-corrected chi connectivity index (χ4v) is 3.27. The van der Waals surface area contributed by atoms with Crippen LogP contribution in [0.1, 0.15) is 11.1 Å². The molecule has 4 rings (SSSR count). The van der Waals surface area contributed by atoms with Gasteiger partial charge in [-0.2, -0.15) is 0 Å². The number of nitrogens with zero attached hydrogens (tertiary/aromatic N) is 2. The van der Waals surface area contributed by atoms with E-state index in [9.17, 15) is 4.79 Å². The van der Waals surface area contributed by atoms with Crippen LogP contribution in [0, 0.1) is 6.92 Å². The Bertz CT molecular complexity index is 1200. The lowest BCUT2D eigenvalue weighted by Gasteiger charge is -2.07. The van der Waals surface area contributed by atoms with E-state index in [0.29, 0.717) is 5.56 Å². The first-order chi connectivity index (χ1) is 12.1. The molecule has 2 heterocycles. The molecule has 0 saturated heterocycles. The number of nitrogens with one attached hydrogen (secondary N) is 1. The molecule has 25 heavy (non-hydrogen) atoms. The fourth-order valence-electron chi connectivity index (χ4n) is 3.27. The lowest BCUT2D eigenvalue weighted by molar-refractivity contribution is 0.322. The summed E-state index contributed by atoms with van der Waals surface area (Å²) >= 11 is 0. The van der Waals surface area contributed by atoms with E-state index < -0.39 is 0 Å². The number of fused-ring (bicyclic) bond motifs is 3. The maximum absolute atomic E-state index is 12.9. The van der Waals surface area contributed by atoms with Crippen molar-refractivity contribution >= 4 is 28.2 Å². The quantitative estimate of drug-likeness (QED) is 0.333. The predicted molar refractivity (Wildman–Crippen MR) is 101 cm³/mol. The van der Waals surface area contributed by atoms with Crippen LogP contribution in [0.5, 0.6) is 0 Å². The predicted octanol–water partition coefficient (Wildman–Crippen LogP) is 3.80. The first-order valence-electron chi connectivity index (χ1n) is 7.98. The van der Waals surface area contributed by atoms with Gasteiger partial charge in [0.2, 0.25) is 0 Å². The number of aromatic nitrogens is 2. The molecule has 0 saturated carbocycles. The van der Waals surface area contributed by atoms with Crippen molar-refractivity contribution in [2.75, 3.05) is 0 Å². The number of hydrogen-bond donors (Lipinski definition) is 2. The Kier molecular flexibility index (Phi) is 3.42. The van der Waals surface area contributed by atoms with Gasteiger partial charge in [-0.3, -0.25) is 9.36 Å². The fraction of sp³-hybridized carbons (Fsp3) is 0.100. The minimum absolute atomic E-state index is 0.0751. The van der Waals surface area contributed by atoms with Crippen molar-refractivity contribution in [3.8, 4) is 11.1 Å². The van der Waals surface area contributed by atoms with Gasteiger partial charge >= 0.3 is 0 Å². The Labute approximate surface area is 143 Å². The van der Waals surface area contributed by atoms with E-state index in [-0.39, 0.29) is 5.56 Å². The van der Waals surface area contributed by atoms with Crippen LogP contribution in [0.2, 0.25) is 0 Å². The molecule has 0 aliphatic rings. The van der Waals surface area contributed by atoms with Crippen LogP contribution in [0.25, 0.3) is 33.1 Å². The van der Waals surface area contributed by atoms with Gasteiger partial charge < -0.3 is 10.2 Å². The monoisotopic (exact) mass is 331 g/mol. The van der Waals surface area contributed by atoms with Crippen LogP contribution in [0.3, 0.4) is 0 Å². The summed E-state index contributed by atoms with van der Waals surface area (Å²) < 4.78 is 1.65. The third kappa shape index (κ3) is 2.41. The molecule has 0 unspecified atom stereocenters. The topological polar surface area (TPSA) is 70.4 Å². The van der Waals surface area contributed by atoms with Crippen molar-refractivity contribution in [3.63, 3.8) is 0 Å². The van der Waals surface area contributed by atoms with Crippen molar-refractivity contribution in [2.24, 2.45) is 12.2 Å². The van der Waals surface area contributed by atoms with Gasteiger partial charge in [0.15, 0.2) is 0 Å². The van der Waals surface area contributed by atoms with Crippen molar-refractivity contribution in [2.45, 2.75) is 6.92 Å². The van der Waals surface area contributed by atoms with E-state index >= 15 is 0 Å². The van der Waals surface area contributed by atoms with Crippen molar-refractivity contribution in [1.29, 1.82) is 0 Å². The smallest absolute Gasteiger partial charge is 0.259 e. The first-order valence-corrected chi connectivity index (χ1v) is 7.98. The highest BCUT2D eigenvalue weighted by atomic mass is 16.4. The summed E-state index contributed by atoms with van der Waals surface area (Å²) in [7, 11) is 1.77.